The van der Waals surface area contributed by atoms with Crippen LogP contribution in [0, 0.1) is 17.2 Å². The average Bonchev–Trinajstić information content (AvgIpc) is 2.63. The van der Waals surface area contributed by atoms with Crippen LogP contribution in [0.25, 0.3) is 0 Å². The van der Waals surface area contributed by atoms with Crippen molar-refractivity contribution < 1.29 is 4.79 Å². The van der Waals surface area contributed by atoms with Gasteiger partial charge in [-0.3, -0.25) is 4.79 Å². The lowest BCUT2D eigenvalue weighted by Gasteiger charge is -2.56. The van der Waals surface area contributed by atoms with E-state index in [-0.39, 0.29) is 5.92 Å². The number of nitriles is 1. The van der Waals surface area contributed by atoms with Gasteiger partial charge in [-0.2, -0.15) is 5.26 Å². The third-order valence-electron chi connectivity index (χ3n) is 5.73. The smallest absolute Gasteiger partial charge is 0.162 e. The molecule has 0 radical (unpaired) electrons. The Morgan fingerprint density at radius 2 is 1.43 bits per heavy atom. The molecule has 0 saturated heterocycles. The van der Waals surface area contributed by atoms with Crippen molar-refractivity contribution in [2.24, 2.45) is 5.92 Å². The molecule has 0 N–H and O–H groups in total. The molecular formula is C17H35NOSi4. The van der Waals surface area contributed by atoms with Crippen molar-refractivity contribution in [1.29, 1.82) is 5.26 Å². The van der Waals surface area contributed by atoms with Gasteiger partial charge in [-0.25, -0.2) is 0 Å². The minimum Gasteiger partial charge on any atom is -0.294 e. The summed E-state index contributed by atoms with van der Waals surface area (Å²) in [5, 5.41) is 8.96. The third kappa shape index (κ3) is 3.73. The highest BCUT2D eigenvalue weighted by molar-refractivity contribution is 7.90. The van der Waals surface area contributed by atoms with Gasteiger partial charge < -0.3 is 0 Å². The fourth-order valence-electron chi connectivity index (χ4n) is 5.58. The maximum atomic E-state index is 12.8. The molecule has 1 saturated carbocycles. The highest BCUT2D eigenvalue weighted by Crippen LogP contribution is 2.41. The molecule has 1 aliphatic rings. The molecule has 0 aromatic carbocycles. The summed E-state index contributed by atoms with van der Waals surface area (Å²) >= 11 is 0. The molecule has 0 aromatic heterocycles. The standard InChI is InChI=1S/C17H35NOSi4/c1-20(2,3)23(21(4,5)6,22(7,8)9)14-16-11-10-15(12-13-18)17(16)19/h14-15H,10-12H2,1-9H3/b16-14+. The van der Waals surface area contributed by atoms with Crippen LogP contribution in [-0.4, -0.2) is 35.2 Å². The number of allylic oxidation sites excluding steroid dienone is 1. The molecule has 0 amide bonds. The SMILES string of the molecule is C[Si](C)(C)[Si](/C=C1\CCC(CC#N)C1=O)([Si](C)(C)C)[Si](C)(C)C. The summed E-state index contributed by atoms with van der Waals surface area (Å²) in [6.07, 6.45) is 2.21. The van der Waals surface area contributed by atoms with Gasteiger partial charge in [-0.15, -0.1) is 0 Å². The fourth-order valence-corrected chi connectivity index (χ4v) is 101. The van der Waals surface area contributed by atoms with E-state index in [1.54, 1.807) is 0 Å². The predicted molar refractivity (Wildman–Crippen MR) is 112 cm³/mol. The van der Waals surface area contributed by atoms with Gasteiger partial charge in [0.2, 0.25) is 0 Å². The molecule has 6 heteroatoms. The van der Waals surface area contributed by atoms with Crippen LogP contribution in [0.1, 0.15) is 19.3 Å². The Bertz CT molecular complexity index is 505. The van der Waals surface area contributed by atoms with Gasteiger partial charge in [-0.1, -0.05) is 64.6 Å². The first kappa shape index (κ1) is 20.8. The van der Waals surface area contributed by atoms with Crippen molar-refractivity contribution in [3.63, 3.8) is 0 Å². The molecule has 1 unspecified atom stereocenters. The molecule has 1 aliphatic carbocycles. The Kier molecular flexibility index (Phi) is 5.96. The minimum atomic E-state index is -1.61. The molecular weight excluding hydrogens is 347 g/mol. The predicted octanol–water partition coefficient (Wildman–Crippen LogP) is 5.04. The van der Waals surface area contributed by atoms with Crippen molar-refractivity contribution in [2.45, 2.75) is 78.2 Å². The summed E-state index contributed by atoms with van der Waals surface area (Å²) in [4.78, 5) is 12.8. The Morgan fingerprint density at radius 3 is 1.78 bits per heavy atom. The Labute approximate surface area is 146 Å². The topological polar surface area (TPSA) is 40.9 Å². The van der Waals surface area contributed by atoms with E-state index in [0.717, 1.165) is 18.4 Å². The summed E-state index contributed by atoms with van der Waals surface area (Å²) in [5.41, 5.74) is 3.74. The lowest BCUT2D eigenvalue weighted by molar-refractivity contribution is -0.117. The van der Waals surface area contributed by atoms with Crippen molar-refractivity contribution in [3.05, 3.63) is 11.3 Å². The maximum absolute atomic E-state index is 12.8. The number of Topliss-reactive ketones (excluding diaryl/α,β-unsaturated/α-hetero) is 1. The largest absolute Gasteiger partial charge is 0.294 e. The molecule has 0 bridgehead atoms. The van der Waals surface area contributed by atoms with Crippen molar-refractivity contribution in [1.82, 2.24) is 0 Å². The van der Waals surface area contributed by atoms with Crippen LogP contribution in [0.15, 0.2) is 11.3 Å². The molecule has 2 nitrogen and oxygen atoms in total. The lowest BCUT2D eigenvalue weighted by Crippen LogP contribution is -2.82. The van der Waals surface area contributed by atoms with E-state index in [0.29, 0.717) is 12.2 Å². The zero-order chi connectivity index (χ0) is 18.3. The normalized spacial score (nSPS) is 22.5. The second-order valence-electron chi connectivity index (χ2n) is 10.2. The van der Waals surface area contributed by atoms with Crippen molar-refractivity contribution in [2.75, 3.05) is 0 Å². The molecule has 1 rings (SSSR count). The number of rotatable bonds is 5. The second-order valence-corrected chi connectivity index (χ2v) is 50.7. The van der Waals surface area contributed by atoms with Gasteiger partial charge >= 0.3 is 0 Å². The molecule has 1 fully saturated rings. The number of ketones is 1. The van der Waals surface area contributed by atoms with Gasteiger partial charge in [-0.05, 0) is 18.4 Å². The van der Waals surface area contributed by atoms with Crippen LogP contribution in [0.5, 0.6) is 0 Å². The zero-order valence-electron chi connectivity index (χ0n) is 16.6. The summed E-state index contributed by atoms with van der Waals surface area (Å²) < 4.78 is 0. The minimum absolute atomic E-state index is 0.0251. The van der Waals surface area contributed by atoms with Crippen molar-refractivity contribution in [3.8, 4) is 6.07 Å². The fraction of sp³-hybridized carbons (Fsp3) is 0.765. The van der Waals surface area contributed by atoms with E-state index in [4.69, 9.17) is 5.26 Å². The average molecular weight is 382 g/mol. The second kappa shape index (κ2) is 6.58. The van der Waals surface area contributed by atoms with Crippen LogP contribution in [0.3, 0.4) is 0 Å². The zero-order valence-corrected chi connectivity index (χ0v) is 20.6. The van der Waals surface area contributed by atoms with E-state index in [1.807, 2.05) is 0 Å². The van der Waals surface area contributed by atoms with Crippen LogP contribution in [-0.2, 0) is 4.79 Å². The number of carbonyl (C=O) groups excluding carboxylic acids is 1. The lowest BCUT2D eigenvalue weighted by atomic mass is 10.0. The molecule has 0 heterocycles. The van der Waals surface area contributed by atoms with Crippen LogP contribution in [0.2, 0.25) is 58.9 Å². The molecule has 0 aliphatic heterocycles. The highest BCUT2D eigenvalue weighted by atomic mass is 29.9. The van der Waals surface area contributed by atoms with E-state index in [2.05, 4.69) is 70.7 Å². The molecule has 0 spiro atoms. The summed E-state index contributed by atoms with van der Waals surface area (Å²) in [6, 6.07) is 2.20. The highest BCUT2D eigenvalue weighted by Gasteiger charge is 2.60. The van der Waals surface area contributed by atoms with E-state index < -0.39 is 29.4 Å². The molecule has 0 aromatic rings. The number of carbonyl (C=O) groups is 1. The van der Waals surface area contributed by atoms with E-state index in [9.17, 15) is 4.79 Å². The van der Waals surface area contributed by atoms with Crippen LogP contribution >= 0.6 is 0 Å². The Morgan fingerprint density at radius 1 is 1.00 bits per heavy atom. The number of hydrogen-bond donors (Lipinski definition) is 0. The number of nitrogens with zero attached hydrogens (tertiary/aromatic N) is 1. The summed E-state index contributed by atoms with van der Waals surface area (Å²) in [6.45, 7) is 21.4. The molecule has 1 atom stereocenters. The Balaban J connectivity index is 3.54. The van der Waals surface area contributed by atoms with Gasteiger partial charge in [0, 0.05) is 35.1 Å². The summed E-state index contributed by atoms with van der Waals surface area (Å²) in [7, 11) is -4.13. The van der Waals surface area contributed by atoms with Gasteiger partial charge in [0.1, 0.15) is 0 Å². The van der Waals surface area contributed by atoms with E-state index in [1.165, 1.54) is 0 Å². The first-order valence-corrected chi connectivity index (χ1v) is 24.4. The number of hydrogen-bond acceptors (Lipinski definition) is 2. The van der Waals surface area contributed by atoms with Crippen LogP contribution in [0.4, 0.5) is 0 Å². The van der Waals surface area contributed by atoms with Gasteiger partial charge in [0.05, 0.1) is 12.7 Å². The van der Waals surface area contributed by atoms with E-state index >= 15 is 0 Å². The monoisotopic (exact) mass is 381 g/mol. The first-order valence-electron chi connectivity index (χ1n) is 8.82. The Hall–Kier alpha value is -0.232. The quantitative estimate of drug-likeness (QED) is 0.494. The first-order chi connectivity index (χ1) is 10.2. The van der Waals surface area contributed by atoms with Crippen molar-refractivity contribution >= 4 is 35.2 Å². The molecule has 130 valence electrons. The van der Waals surface area contributed by atoms with Crippen LogP contribution < -0.4 is 0 Å². The maximum Gasteiger partial charge on any atom is 0.162 e. The third-order valence-corrected chi connectivity index (χ3v) is 76.7. The van der Waals surface area contributed by atoms with Gasteiger partial charge in [0.25, 0.3) is 0 Å². The molecule has 23 heavy (non-hydrogen) atoms. The summed E-state index contributed by atoms with van der Waals surface area (Å²) in [5.74, 6) is 0.279. The van der Waals surface area contributed by atoms with Gasteiger partial charge in [0.15, 0.2) is 5.78 Å².